The van der Waals surface area contributed by atoms with Crippen molar-refractivity contribution in [2.45, 2.75) is 56.7 Å². The topological polar surface area (TPSA) is 105 Å². The second-order valence-corrected chi connectivity index (χ2v) is 8.74. The van der Waals surface area contributed by atoms with Crippen molar-refractivity contribution in [2.24, 2.45) is 0 Å². The Kier molecular flexibility index (Phi) is 4.55. The van der Waals surface area contributed by atoms with Crippen molar-refractivity contribution in [3.8, 4) is 0 Å². The predicted octanol–water partition coefficient (Wildman–Crippen LogP) is 3.13. The Labute approximate surface area is 182 Å². The van der Waals surface area contributed by atoms with E-state index in [0.29, 0.717) is 22.4 Å². The zero-order valence-electron chi connectivity index (χ0n) is 17.1. The molecule has 2 saturated heterocycles. The molecule has 4 heterocycles. The smallest absolute Gasteiger partial charge is 0.165 e. The number of fused-ring (bicyclic) bond motifs is 2. The lowest BCUT2D eigenvalue weighted by atomic mass is 9.80. The minimum atomic E-state index is -1.61. The molecule has 2 aliphatic heterocycles. The molecule has 0 aliphatic carbocycles. The highest BCUT2D eigenvalue weighted by Crippen LogP contribution is 2.52. The highest BCUT2D eigenvalue weighted by molar-refractivity contribution is 6.30. The van der Waals surface area contributed by atoms with Crippen molar-refractivity contribution in [2.75, 3.05) is 5.73 Å². The van der Waals surface area contributed by atoms with Gasteiger partial charge in [0.1, 0.15) is 47.0 Å². The lowest BCUT2D eigenvalue weighted by molar-refractivity contribution is -0.202. The number of benzene rings is 1. The van der Waals surface area contributed by atoms with Crippen LogP contribution in [0.1, 0.15) is 32.6 Å². The SMILES string of the molecule is CC1O[C@H]2[C@H](n3ccc4c(N)ncnc43)O[C@@H]([C@](C)(O)c3ccc(Cl)c(F)c3)[C@@]2(C)O1. The molecule has 8 nitrogen and oxygen atoms in total. The first kappa shape index (κ1) is 20.6. The molecule has 2 fully saturated rings. The van der Waals surface area contributed by atoms with Gasteiger partial charge >= 0.3 is 0 Å². The van der Waals surface area contributed by atoms with Crippen molar-refractivity contribution in [3.63, 3.8) is 0 Å². The van der Waals surface area contributed by atoms with Gasteiger partial charge in [-0.25, -0.2) is 14.4 Å². The van der Waals surface area contributed by atoms with Crippen LogP contribution in [0.3, 0.4) is 0 Å². The minimum absolute atomic E-state index is 0.0287. The number of nitrogens with zero attached hydrogens (tertiary/aromatic N) is 3. The average Bonchev–Trinajstić information content (AvgIpc) is 3.33. The zero-order chi connectivity index (χ0) is 22.1. The largest absolute Gasteiger partial charge is 0.383 e. The van der Waals surface area contributed by atoms with Crippen LogP contribution in [-0.4, -0.2) is 43.7 Å². The first-order valence-corrected chi connectivity index (χ1v) is 10.2. The van der Waals surface area contributed by atoms with Crippen molar-refractivity contribution in [1.82, 2.24) is 14.5 Å². The molecule has 0 bridgehead atoms. The van der Waals surface area contributed by atoms with Gasteiger partial charge in [-0.05, 0) is 44.5 Å². The molecule has 2 aromatic heterocycles. The van der Waals surface area contributed by atoms with Crippen LogP contribution in [-0.2, 0) is 19.8 Å². The fourth-order valence-electron chi connectivity index (χ4n) is 4.76. The van der Waals surface area contributed by atoms with Gasteiger partial charge in [0.25, 0.3) is 0 Å². The summed E-state index contributed by atoms with van der Waals surface area (Å²) in [5.41, 5.74) is 4.21. The number of hydrogen-bond donors (Lipinski definition) is 2. The van der Waals surface area contributed by atoms with E-state index >= 15 is 0 Å². The Hall–Kier alpha value is -2.30. The second-order valence-electron chi connectivity index (χ2n) is 8.33. The Bertz CT molecular complexity index is 1170. The van der Waals surface area contributed by atoms with E-state index in [1.54, 1.807) is 36.7 Å². The Morgan fingerprint density at radius 2 is 2.06 bits per heavy atom. The molecular formula is C21H22ClFN4O4. The third kappa shape index (κ3) is 2.95. The van der Waals surface area contributed by atoms with E-state index in [0.717, 1.165) is 0 Å². The van der Waals surface area contributed by atoms with Gasteiger partial charge in [0, 0.05) is 6.20 Å². The van der Waals surface area contributed by atoms with Crippen LogP contribution in [0.5, 0.6) is 0 Å². The highest BCUT2D eigenvalue weighted by atomic mass is 35.5. The Morgan fingerprint density at radius 1 is 1.29 bits per heavy atom. The minimum Gasteiger partial charge on any atom is -0.383 e. The molecule has 0 amide bonds. The summed E-state index contributed by atoms with van der Waals surface area (Å²) in [4.78, 5) is 8.36. The molecule has 1 unspecified atom stereocenters. The molecule has 10 heteroatoms. The average molecular weight is 449 g/mol. The van der Waals surface area contributed by atoms with Gasteiger partial charge in [0.2, 0.25) is 0 Å². The van der Waals surface area contributed by atoms with Crippen LogP contribution in [0.4, 0.5) is 10.2 Å². The van der Waals surface area contributed by atoms with Crippen LogP contribution in [0.15, 0.2) is 36.8 Å². The predicted molar refractivity (Wildman–Crippen MR) is 111 cm³/mol. The lowest BCUT2D eigenvalue weighted by Gasteiger charge is -2.38. The van der Waals surface area contributed by atoms with Gasteiger partial charge in [0.15, 0.2) is 12.5 Å². The third-order valence-electron chi connectivity index (χ3n) is 6.21. The van der Waals surface area contributed by atoms with E-state index in [1.807, 2.05) is 6.92 Å². The maximum atomic E-state index is 14.2. The van der Waals surface area contributed by atoms with E-state index in [-0.39, 0.29) is 5.02 Å². The summed E-state index contributed by atoms with van der Waals surface area (Å²) in [6.45, 7) is 5.16. The van der Waals surface area contributed by atoms with Gasteiger partial charge < -0.3 is 29.6 Å². The molecule has 2 aliphatic rings. The summed E-state index contributed by atoms with van der Waals surface area (Å²) >= 11 is 5.83. The number of hydrogen-bond acceptors (Lipinski definition) is 7. The Balaban J connectivity index is 1.60. The normalized spacial score (nSPS) is 32.3. The van der Waals surface area contributed by atoms with E-state index in [4.69, 9.17) is 31.5 Å². The highest BCUT2D eigenvalue weighted by Gasteiger charge is 2.66. The van der Waals surface area contributed by atoms with Crippen LogP contribution >= 0.6 is 11.6 Å². The quantitative estimate of drug-likeness (QED) is 0.634. The molecule has 0 radical (unpaired) electrons. The van der Waals surface area contributed by atoms with E-state index in [2.05, 4.69) is 9.97 Å². The second kappa shape index (κ2) is 6.85. The molecule has 5 rings (SSSR count). The van der Waals surface area contributed by atoms with Crippen LogP contribution in [0.2, 0.25) is 5.02 Å². The third-order valence-corrected chi connectivity index (χ3v) is 6.51. The van der Waals surface area contributed by atoms with Gasteiger partial charge in [-0.2, -0.15) is 0 Å². The number of nitrogens with two attached hydrogens (primary N) is 1. The summed E-state index contributed by atoms with van der Waals surface area (Å²) in [5, 5.41) is 12.2. The molecule has 1 aromatic carbocycles. The maximum Gasteiger partial charge on any atom is 0.165 e. The monoisotopic (exact) mass is 448 g/mol. The summed E-state index contributed by atoms with van der Waals surface area (Å²) < 4.78 is 34.5. The number of anilines is 1. The molecule has 3 N–H and O–H groups in total. The van der Waals surface area contributed by atoms with Crippen molar-refractivity contribution in [1.29, 1.82) is 0 Å². The van der Waals surface area contributed by atoms with Crippen molar-refractivity contribution < 1.29 is 23.7 Å². The molecular weight excluding hydrogens is 427 g/mol. The molecule has 6 atom stereocenters. The molecule has 164 valence electrons. The molecule has 3 aromatic rings. The number of ether oxygens (including phenoxy) is 3. The van der Waals surface area contributed by atoms with Gasteiger partial charge in [-0.3, -0.25) is 0 Å². The molecule has 0 spiro atoms. The number of aliphatic hydroxyl groups is 1. The van der Waals surface area contributed by atoms with E-state index in [1.165, 1.54) is 18.5 Å². The lowest BCUT2D eigenvalue weighted by Crippen LogP contribution is -2.52. The Morgan fingerprint density at radius 3 is 2.81 bits per heavy atom. The first-order valence-electron chi connectivity index (χ1n) is 9.86. The van der Waals surface area contributed by atoms with E-state index < -0.39 is 41.7 Å². The summed E-state index contributed by atoms with van der Waals surface area (Å²) in [6, 6.07) is 5.97. The van der Waals surface area contributed by atoms with Crippen LogP contribution < -0.4 is 5.73 Å². The number of aromatic nitrogens is 3. The fraction of sp³-hybridized carbons (Fsp3) is 0.429. The number of halogens is 2. The first-order chi connectivity index (χ1) is 14.6. The summed E-state index contributed by atoms with van der Waals surface area (Å²) in [6.07, 6.45) is 0.506. The summed E-state index contributed by atoms with van der Waals surface area (Å²) in [5.74, 6) is -0.280. The standard InChI is InChI=1S/C21H22ClFN4O4/c1-10-29-15-18(27-7-6-12-16(24)25-9-26-17(12)27)30-19(21(15,3)31-10)20(2,28)11-4-5-13(22)14(23)8-11/h4-10,15,18-19,28H,1-3H3,(H2,24,25,26)/t10?,15-,18+,19-,20+,21-/m0/s1. The maximum absolute atomic E-state index is 14.2. The molecule has 31 heavy (non-hydrogen) atoms. The van der Waals surface area contributed by atoms with Gasteiger partial charge in [-0.1, -0.05) is 17.7 Å². The number of rotatable bonds is 3. The van der Waals surface area contributed by atoms with E-state index in [9.17, 15) is 9.50 Å². The van der Waals surface area contributed by atoms with Crippen LogP contribution in [0, 0.1) is 5.82 Å². The number of nitrogen functional groups attached to an aromatic ring is 1. The summed E-state index contributed by atoms with van der Waals surface area (Å²) in [7, 11) is 0. The zero-order valence-corrected chi connectivity index (χ0v) is 17.9. The van der Waals surface area contributed by atoms with Gasteiger partial charge in [-0.15, -0.1) is 0 Å². The molecule has 0 saturated carbocycles. The van der Waals surface area contributed by atoms with Crippen molar-refractivity contribution in [3.05, 3.63) is 53.2 Å². The van der Waals surface area contributed by atoms with Crippen LogP contribution in [0.25, 0.3) is 11.0 Å². The van der Waals surface area contributed by atoms with Gasteiger partial charge in [0.05, 0.1) is 10.4 Å². The fourth-order valence-corrected chi connectivity index (χ4v) is 4.88. The van der Waals surface area contributed by atoms with Crippen molar-refractivity contribution >= 4 is 28.5 Å².